The fourth-order valence-electron chi connectivity index (χ4n) is 0.801. The maximum atomic E-state index is 10.3. The molecule has 0 aliphatic heterocycles. The third-order valence-corrected chi connectivity index (χ3v) is 1.83. The van der Waals surface area contributed by atoms with Crippen molar-refractivity contribution in [3.63, 3.8) is 0 Å². The molecule has 0 amide bonds. The molecule has 3 radical (unpaired) electrons. The van der Waals surface area contributed by atoms with Crippen molar-refractivity contribution >= 4 is 16.8 Å². The van der Waals surface area contributed by atoms with Gasteiger partial charge in [-0.3, -0.25) is 0 Å². The highest BCUT2D eigenvalue weighted by molar-refractivity contribution is 5.98. The fourth-order valence-corrected chi connectivity index (χ4v) is 1.13. The molecule has 0 fully saturated rings. The van der Waals surface area contributed by atoms with E-state index in [0.29, 0.717) is 0 Å². The zero-order valence-electron chi connectivity index (χ0n) is 6.46. The van der Waals surface area contributed by atoms with Crippen molar-refractivity contribution in [1.82, 2.24) is 0 Å². The van der Waals surface area contributed by atoms with Gasteiger partial charge in [0.05, 0.1) is 6.10 Å². The Morgan fingerprint density at radius 2 is 2.30 bits per heavy atom. The van der Waals surface area contributed by atoms with Gasteiger partial charge in [-0.1, -0.05) is 20.3 Å². The van der Waals surface area contributed by atoms with Crippen LogP contribution in [0.25, 0.3) is 0 Å². The summed E-state index contributed by atoms with van der Waals surface area (Å²) >= 11 is 0. The molecule has 0 N–H and O–H groups in total. The molecule has 57 valence electrons. The molecule has 10 heavy (non-hydrogen) atoms. The Kier molecular flexibility index (Phi) is 5.53. The minimum absolute atomic E-state index is 0.0163. The average Bonchev–Trinajstić information content (AvgIpc) is 1.99. The first-order valence-electron chi connectivity index (χ1n) is 3.53. The minimum atomic E-state index is -0.0163. The van der Waals surface area contributed by atoms with E-state index in [9.17, 15) is 4.79 Å². The summed E-state index contributed by atoms with van der Waals surface area (Å²) in [5.41, 5.74) is 0. The quantitative estimate of drug-likeness (QED) is 0.441. The van der Waals surface area contributed by atoms with Gasteiger partial charge < -0.3 is 9.22 Å². The summed E-state index contributed by atoms with van der Waals surface area (Å²) in [7, 11) is 2.95. The van der Waals surface area contributed by atoms with Gasteiger partial charge in [0.15, 0.2) is 0 Å². The standard InChI is InChI=1S/C7H13O2Si/c1-3-4-7(9-10)6(2)5-8/h5-7H,3-4H2,1-2H3/t6-,7-/m1/s1. The molecular formula is C7H13O2Si. The van der Waals surface area contributed by atoms with Crippen LogP contribution in [0.15, 0.2) is 0 Å². The Morgan fingerprint density at radius 1 is 1.70 bits per heavy atom. The average molecular weight is 157 g/mol. The predicted molar refractivity (Wildman–Crippen MR) is 40.8 cm³/mol. The molecule has 0 rings (SSSR count). The Balaban J connectivity index is 3.67. The van der Waals surface area contributed by atoms with Gasteiger partial charge in [0, 0.05) is 5.92 Å². The van der Waals surface area contributed by atoms with Crippen LogP contribution >= 0.6 is 0 Å². The van der Waals surface area contributed by atoms with Crippen LogP contribution in [-0.2, 0) is 9.22 Å². The number of carbonyl (C=O) groups is 1. The number of hydrogen-bond acceptors (Lipinski definition) is 2. The van der Waals surface area contributed by atoms with Crippen molar-refractivity contribution in [3.05, 3.63) is 0 Å². The van der Waals surface area contributed by atoms with Crippen LogP contribution in [-0.4, -0.2) is 22.9 Å². The van der Waals surface area contributed by atoms with Crippen LogP contribution in [0.3, 0.4) is 0 Å². The number of aldehydes is 1. The van der Waals surface area contributed by atoms with E-state index < -0.39 is 0 Å². The van der Waals surface area contributed by atoms with Gasteiger partial charge in [-0.15, -0.1) is 0 Å². The van der Waals surface area contributed by atoms with E-state index in [0.717, 1.165) is 19.1 Å². The van der Waals surface area contributed by atoms with E-state index in [1.54, 1.807) is 0 Å². The molecule has 0 aliphatic carbocycles. The van der Waals surface area contributed by atoms with E-state index >= 15 is 0 Å². The second kappa shape index (κ2) is 5.62. The summed E-state index contributed by atoms with van der Waals surface area (Å²) in [4.78, 5) is 10.3. The molecule has 2 atom stereocenters. The molecule has 0 unspecified atom stereocenters. The zero-order valence-corrected chi connectivity index (χ0v) is 7.46. The van der Waals surface area contributed by atoms with E-state index in [2.05, 4.69) is 17.4 Å². The Hall–Kier alpha value is -0.153. The van der Waals surface area contributed by atoms with Gasteiger partial charge in [0.1, 0.15) is 6.29 Å². The highest BCUT2D eigenvalue weighted by Crippen LogP contribution is 2.09. The van der Waals surface area contributed by atoms with Crippen molar-refractivity contribution in [2.75, 3.05) is 0 Å². The first kappa shape index (κ1) is 9.85. The third kappa shape index (κ3) is 3.13. The Morgan fingerprint density at radius 3 is 2.60 bits per heavy atom. The van der Waals surface area contributed by atoms with Gasteiger partial charge in [-0.2, -0.15) is 0 Å². The highest BCUT2D eigenvalue weighted by Gasteiger charge is 2.13. The third-order valence-electron chi connectivity index (χ3n) is 1.53. The van der Waals surface area contributed by atoms with Crippen LogP contribution in [0, 0.1) is 5.92 Å². The van der Waals surface area contributed by atoms with Crippen LogP contribution in [0.5, 0.6) is 0 Å². The Bertz CT molecular complexity index is 95.6. The van der Waals surface area contributed by atoms with E-state index in [1.807, 2.05) is 6.92 Å². The molecule has 3 heteroatoms. The lowest BCUT2D eigenvalue weighted by Gasteiger charge is -2.16. The summed E-state index contributed by atoms with van der Waals surface area (Å²) in [5, 5.41) is 0. The van der Waals surface area contributed by atoms with Gasteiger partial charge in [-0.25, -0.2) is 0 Å². The van der Waals surface area contributed by atoms with E-state index in [4.69, 9.17) is 4.43 Å². The molecule has 0 bridgehead atoms. The fraction of sp³-hybridized carbons (Fsp3) is 0.857. The smallest absolute Gasteiger partial charge is 0.246 e. The normalized spacial score (nSPS) is 16.3. The first-order chi connectivity index (χ1) is 4.76. The van der Waals surface area contributed by atoms with Gasteiger partial charge in [0.25, 0.3) is 0 Å². The summed E-state index contributed by atoms with van der Waals surface area (Å²) in [6, 6.07) is 0. The molecule has 0 aliphatic rings. The lowest BCUT2D eigenvalue weighted by atomic mass is 10.0. The van der Waals surface area contributed by atoms with Crippen molar-refractivity contribution in [2.24, 2.45) is 5.92 Å². The van der Waals surface area contributed by atoms with Crippen LogP contribution in [0.4, 0.5) is 0 Å². The summed E-state index contributed by atoms with van der Waals surface area (Å²) in [6.45, 7) is 3.92. The summed E-state index contributed by atoms with van der Waals surface area (Å²) in [6.07, 6.45) is 2.90. The van der Waals surface area contributed by atoms with E-state index in [-0.39, 0.29) is 12.0 Å². The SMILES string of the molecule is CCC[C@@H](O[Si])[C@H](C)C=O. The molecule has 0 spiro atoms. The summed E-state index contributed by atoms with van der Waals surface area (Å²) in [5.74, 6) is -0.0163. The monoisotopic (exact) mass is 157 g/mol. The highest BCUT2D eigenvalue weighted by atomic mass is 28.2. The van der Waals surface area contributed by atoms with Crippen molar-refractivity contribution in [2.45, 2.75) is 32.8 Å². The molecule has 0 aromatic heterocycles. The van der Waals surface area contributed by atoms with Gasteiger partial charge in [0.2, 0.25) is 10.5 Å². The van der Waals surface area contributed by atoms with Crippen LogP contribution in [0.2, 0.25) is 0 Å². The molecule has 0 aromatic carbocycles. The molecule has 2 nitrogen and oxygen atoms in total. The number of carbonyl (C=O) groups excluding carboxylic acids is 1. The topological polar surface area (TPSA) is 26.3 Å². The zero-order chi connectivity index (χ0) is 7.98. The first-order valence-corrected chi connectivity index (χ1v) is 3.94. The number of hydrogen-bond donors (Lipinski definition) is 0. The maximum Gasteiger partial charge on any atom is 0.246 e. The largest absolute Gasteiger partial charge is 0.415 e. The van der Waals surface area contributed by atoms with Crippen LogP contribution in [0.1, 0.15) is 26.7 Å². The molecule has 0 saturated heterocycles. The predicted octanol–water partition coefficient (Wildman–Crippen LogP) is 1.09. The molecule has 0 heterocycles. The van der Waals surface area contributed by atoms with Gasteiger partial charge >= 0.3 is 0 Å². The lowest BCUT2D eigenvalue weighted by molar-refractivity contribution is -0.113. The second-order valence-electron chi connectivity index (χ2n) is 2.44. The molecule has 0 saturated carbocycles. The molecule has 0 aromatic rings. The lowest BCUT2D eigenvalue weighted by Crippen LogP contribution is -2.21. The summed E-state index contributed by atoms with van der Waals surface area (Å²) < 4.78 is 4.92. The van der Waals surface area contributed by atoms with Crippen molar-refractivity contribution < 1.29 is 9.22 Å². The van der Waals surface area contributed by atoms with Crippen LogP contribution < -0.4 is 0 Å². The van der Waals surface area contributed by atoms with Crippen molar-refractivity contribution in [3.8, 4) is 0 Å². The Labute approximate surface area is 65.5 Å². The second-order valence-corrected chi connectivity index (χ2v) is 2.68. The molecular weight excluding hydrogens is 144 g/mol. The van der Waals surface area contributed by atoms with Gasteiger partial charge in [-0.05, 0) is 6.42 Å². The number of rotatable bonds is 5. The van der Waals surface area contributed by atoms with E-state index in [1.165, 1.54) is 0 Å². The maximum absolute atomic E-state index is 10.3. The minimum Gasteiger partial charge on any atom is -0.415 e. The van der Waals surface area contributed by atoms with Crippen molar-refractivity contribution in [1.29, 1.82) is 0 Å².